The highest BCUT2D eigenvalue weighted by atomic mass is 35.5. The van der Waals surface area contributed by atoms with Crippen LogP contribution in [-0.4, -0.2) is 5.78 Å². The van der Waals surface area contributed by atoms with E-state index in [2.05, 4.69) is 0 Å². The molecule has 3 nitrogen and oxygen atoms in total. The number of benzene rings is 1. The predicted molar refractivity (Wildman–Crippen MR) is 64.7 cm³/mol. The third-order valence-corrected chi connectivity index (χ3v) is 3.18. The van der Waals surface area contributed by atoms with Crippen LogP contribution in [0.5, 0.6) is 0 Å². The Morgan fingerprint density at radius 3 is 2.62 bits per heavy atom. The van der Waals surface area contributed by atoms with E-state index in [0.29, 0.717) is 15.7 Å². The topological polar surface area (TPSA) is 47.0 Å². The second-order valence-corrected chi connectivity index (χ2v) is 4.66. The molecular weight excluding hydrogens is 244 g/mol. The molecule has 0 aliphatic rings. The van der Waals surface area contributed by atoms with E-state index in [4.69, 9.17) is 17.3 Å². The van der Waals surface area contributed by atoms with Gasteiger partial charge in [0.15, 0.2) is 6.54 Å². The van der Waals surface area contributed by atoms with Crippen LogP contribution >= 0.6 is 22.9 Å². The minimum absolute atomic E-state index is 0.0202. The number of halogens is 1. The maximum absolute atomic E-state index is 11.9. The molecule has 2 rings (SSSR count). The average Bonchev–Trinajstić information content (AvgIpc) is 2.65. The van der Waals surface area contributed by atoms with Gasteiger partial charge in [-0.25, -0.2) is 4.57 Å². The number of thiazole rings is 1. The van der Waals surface area contributed by atoms with Crippen molar-refractivity contribution in [1.82, 2.24) is 0 Å². The Balaban J connectivity index is 2.15. The van der Waals surface area contributed by atoms with Gasteiger partial charge in [0.2, 0.25) is 5.78 Å². The molecule has 0 aliphatic carbocycles. The molecule has 2 N–H and O–H groups in total. The highest BCUT2D eigenvalue weighted by Gasteiger charge is 2.12. The molecule has 0 bridgehead atoms. The molecule has 0 amide bonds. The molecule has 0 fully saturated rings. The predicted octanol–water partition coefficient (Wildman–Crippen LogP) is 2.15. The zero-order valence-electron chi connectivity index (χ0n) is 8.39. The first-order chi connectivity index (χ1) is 7.66. The molecule has 0 spiro atoms. The Labute approximate surface area is 102 Å². The molecule has 82 valence electrons. The summed E-state index contributed by atoms with van der Waals surface area (Å²) in [7, 11) is 0. The van der Waals surface area contributed by atoms with Crippen molar-refractivity contribution in [3.05, 3.63) is 46.4 Å². The molecule has 2 aromatic rings. The SMILES string of the molecule is Nc1scc[n+]1CC(=O)c1ccc(Cl)cc1. The zero-order chi connectivity index (χ0) is 11.5. The highest BCUT2D eigenvalue weighted by molar-refractivity contribution is 7.12. The summed E-state index contributed by atoms with van der Waals surface area (Å²) in [6.45, 7) is 0.261. The van der Waals surface area contributed by atoms with Gasteiger partial charge in [0.05, 0.1) is 0 Å². The van der Waals surface area contributed by atoms with Gasteiger partial charge in [0.1, 0.15) is 6.20 Å². The Morgan fingerprint density at radius 2 is 2.06 bits per heavy atom. The van der Waals surface area contributed by atoms with Crippen LogP contribution in [0.15, 0.2) is 35.8 Å². The summed E-state index contributed by atoms with van der Waals surface area (Å²) >= 11 is 7.16. The van der Waals surface area contributed by atoms with Gasteiger partial charge in [-0.15, -0.1) is 0 Å². The average molecular weight is 254 g/mol. The molecule has 0 aliphatic heterocycles. The van der Waals surface area contributed by atoms with Gasteiger partial charge in [-0.2, -0.15) is 0 Å². The number of nitrogens with zero attached hydrogens (tertiary/aromatic N) is 1. The second-order valence-electron chi connectivity index (χ2n) is 3.30. The van der Waals surface area contributed by atoms with Crippen molar-refractivity contribution >= 4 is 33.9 Å². The summed E-state index contributed by atoms with van der Waals surface area (Å²) < 4.78 is 1.72. The summed E-state index contributed by atoms with van der Waals surface area (Å²) in [6.07, 6.45) is 1.80. The smallest absolute Gasteiger partial charge is 0.290 e. The fraction of sp³-hybridized carbons (Fsp3) is 0.0909. The number of Topliss-reactive ketones (excluding diaryl/α,β-unsaturated/α-hetero) is 1. The van der Waals surface area contributed by atoms with Gasteiger partial charge in [0, 0.05) is 16.0 Å². The number of nitrogen functional groups attached to an aromatic ring is 1. The molecule has 0 atom stereocenters. The van der Waals surface area contributed by atoms with Crippen LogP contribution in [0.2, 0.25) is 5.02 Å². The van der Waals surface area contributed by atoms with Gasteiger partial charge < -0.3 is 0 Å². The third-order valence-electron chi connectivity index (χ3n) is 2.19. The quantitative estimate of drug-likeness (QED) is 0.673. The molecule has 0 saturated heterocycles. The van der Waals surface area contributed by atoms with E-state index in [1.54, 1.807) is 35.0 Å². The number of anilines is 1. The van der Waals surface area contributed by atoms with Gasteiger partial charge in [-0.3, -0.25) is 10.5 Å². The summed E-state index contributed by atoms with van der Waals surface area (Å²) in [5, 5.41) is 3.10. The van der Waals surface area contributed by atoms with Crippen molar-refractivity contribution in [3.63, 3.8) is 0 Å². The monoisotopic (exact) mass is 253 g/mol. The number of rotatable bonds is 3. The lowest BCUT2D eigenvalue weighted by Gasteiger charge is -1.99. The minimum atomic E-state index is 0.0202. The van der Waals surface area contributed by atoms with E-state index in [1.807, 2.05) is 5.38 Å². The normalized spacial score (nSPS) is 10.3. The molecule has 1 aromatic carbocycles. The summed E-state index contributed by atoms with van der Waals surface area (Å²) in [4.78, 5) is 11.9. The molecule has 0 saturated carbocycles. The summed E-state index contributed by atoms with van der Waals surface area (Å²) in [6, 6.07) is 6.84. The number of carbonyl (C=O) groups excluding carboxylic acids is 1. The lowest BCUT2D eigenvalue weighted by atomic mass is 10.1. The third kappa shape index (κ3) is 2.40. The van der Waals surface area contributed by atoms with Crippen molar-refractivity contribution in [3.8, 4) is 0 Å². The van der Waals surface area contributed by atoms with Gasteiger partial charge in [-0.05, 0) is 24.3 Å². The first kappa shape index (κ1) is 11.1. The first-order valence-corrected chi connectivity index (χ1v) is 5.94. The molecule has 0 radical (unpaired) electrons. The maximum atomic E-state index is 11.9. The van der Waals surface area contributed by atoms with E-state index >= 15 is 0 Å². The van der Waals surface area contributed by atoms with E-state index in [1.165, 1.54) is 11.3 Å². The number of aromatic nitrogens is 1. The number of carbonyl (C=O) groups is 1. The van der Waals surface area contributed by atoms with Crippen molar-refractivity contribution < 1.29 is 9.36 Å². The molecular formula is C11H10ClN2OS+. The van der Waals surface area contributed by atoms with E-state index in [-0.39, 0.29) is 12.3 Å². The maximum Gasteiger partial charge on any atom is 0.332 e. The van der Waals surface area contributed by atoms with Crippen LogP contribution in [0.1, 0.15) is 10.4 Å². The van der Waals surface area contributed by atoms with Crippen molar-refractivity contribution in [2.45, 2.75) is 6.54 Å². The Kier molecular flexibility index (Phi) is 3.22. The van der Waals surface area contributed by atoms with Gasteiger partial charge >= 0.3 is 5.13 Å². The van der Waals surface area contributed by atoms with Crippen LogP contribution in [0.25, 0.3) is 0 Å². The zero-order valence-corrected chi connectivity index (χ0v) is 9.96. The minimum Gasteiger partial charge on any atom is -0.290 e. The van der Waals surface area contributed by atoms with Gasteiger partial charge in [0.25, 0.3) is 0 Å². The van der Waals surface area contributed by atoms with E-state index < -0.39 is 0 Å². The Morgan fingerprint density at radius 1 is 1.38 bits per heavy atom. The van der Waals surface area contributed by atoms with Crippen LogP contribution in [0.3, 0.4) is 0 Å². The molecule has 0 unspecified atom stereocenters. The lowest BCUT2D eigenvalue weighted by molar-refractivity contribution is -0.664. The molecule has 1 aromatic heterocycles. The first-order valence-electron chi connectivity index (χ1n) is 4.68. The Bertz CT molecular complexity index is 507. The van der Waals surface area contributed by atoms with E-state index in [0.717, 1.165) is 0 Å². The number of hydrogen-bond acceptors (Lipinski definition) is 3. The number of hydrogen-bond donors (Lipinski definition) is 1. The molecule has 5 heteroatoms. The highest BCUT2D eigenvalue weighted by Crippen LogP contribution is 2.10. The second kappa shape index (κ2) is 4.63. The van der Waals surface area contributed by atoms with Crippen molar-refractivity contribution in [1.29, 1.82) is 0 Å². The molecule has 1 heterocycles. The fourth-order valence-electron chi connectivity index (χ4n) is 1.33. The van der Waals surface area contributed by atoms with Crippen LogP contribution < -0.4 is 10.3 Å². The number of nitrogens with two attached hydrogens (primary N) is 1. The standard InChI is InChI=1S/C11H9ClN2OS/c12-9-3-1-8(2-4-9)10(15)7-14-5-6-16-11(14)13/h1-6,13H,7H2/p+1. The van der Waals surface area contributed by atoms with Crippen molar-refractivity contribution in [2.75, 3.05) is 5.73 Å². The van der Waals surface area contributed by atoms with Crippen LogP contribution in [0, 0.1) is 0 Å². The number of ketones is 1. The van der Waals surface area contributed by atoms with Crippen LogP contribution in [-0.2, 0) is 6.54 Å². The summed E-state index contributed by atoms with van der Waals surface area (Å²) in [5.74, 6) is 0.0202. The largest absolute Gasteiger partial charge is 0.332 e. The molecule has 16 heavy (non-hydrogen) atoms. The van der Waals surface area contributed by atoms with Gasteiger partial charge in [-0.1, -0.05) is 22.9 Å². The lowest BCUT2D eigenvalue weighted by Crippen LogP contribution is -2.38. The Hall–Kier alpha value is -1.39. The summed E-state index contributed by atoms with van der Waals surface area (Å²) in [5.41, 5.74) is 6.34. The van der Waals surface area contributed by atoms with Crippen molar-refractivity contribution in [2.24, 2.45) is 0 Å². The van der Waals surface area contributed by atoms with Crippen LogP contribution in [0.4, 0.5) is 5.13 Å². The fourth-order valence-corrected chi connectivity index (χ4v) is 2.06. The van der Waals surface area contributed by atoms with E-state index in [9.17, 15) is 4.79 Å².